The number of hydrogen-bond acceptors (Lipinski definition) is 5. The molecule has 24 heavy (non-hydrogen) atoms. The number of non-ortho nitro benzene ring substituents is 1. The molecule has 0 saturated heterocycles. The Hall–Kier alpha value is -3.12. The van der Waals surface area contributed by atoms with Gasteiger partial charge in [-0.25, -0.2) is 0 Å². The number of nitrogens with one attached hydrogen (secondary N) is 1. The molecule has 0 aliphatic rings. The van der Waals surface area contributed by atoms with Crippen molar-refractivity contribution in [3.8, 4) is 11.3 Å². The predicted molar refractivity (Wildman–Crippen MR) is 93.5 cm³/mol. The minimum absolute atomic E-state index is 0.0656. The van der Waals surface area contributed by atoms with E-state index < -0.39 is 4.92 Å². The molecule has 0 spiro atoms. The van der Waals surface area contributed by atoms with Crippen LogP contribution in [0.5, 0.6) is 0 Å². The lowest BCUT2D eigenvalue weighted by Crippen LogP contribution is -1.89. The van der Waals surface area contributed by atoms with Crippen LogP contribution in [0.4, 0.5) is 11.4 Å². The Morgan fingerprint density at radius 3 is 2.62 bits per heavy atom. The standard InChI is InChI=1S/C17H12ClN3O3/c18-16-10-13(21(22)23)6-8-15(16)17-9-7-14(24-17)11-19-20-12-4-2-1-3-5-12/h1-11,20H/b19-11-. The lowest BCUT2D eigenvalue weighted by atomic mass is 10.1. The maximum atomic E-state index is 10.7. The summed E-state index contributed by atoms with van der Waals surface area (Å²) in [7, 11) is 0. The van der Waals surface area contributed by atoms with E-state index in [1.54, 1.807) is 18.2 Å². The average Bonchev–Trinajstić information content (AvgIpc) is 3.04. The number of furan rings is 1. The maximum absolute atomic E-state index is 10.7. The number of nitro benzene ring substituents is 1. The van der Waals surface area contributed by atoms with Gasteiger partial charge in [0.15, 0.2) is 0 Å². The predicted octanol–water partition coefficient (Wildman–Crippen LogP) is 4.95. The highest BCUT2D eigenvalue weighted by molar-refractivity contribution is 6.33. The molecule has 2 aromatic carbocycles. The second-order valence-electron chi connectivity index (χ2n) is 4.86. The number of halogens is 1. The zero-order valence-electron chi connectivity index (χ0n) is 12.3. The first-order valence-electron chi connectivity index (χ1n) is 7.02. The Kier molecular flexibility index (Phi) is 4.58. The monoisotopic (exact) mass is 341 g/mol. The number of anilines is 1. The van der Waals surface area contributed by atoms with Crippen molar-refractivity contribution in [3.63, 3.8) is 0 Å². The maximum Gasteiger partial charge on any atom is 0.270 e. The van der Waals surface area contributed by atoms with Crippen molar-refractivity contribution < 1.29 is 9.34 Å². The molecule has 3 aromatic rings. The molecule has 0 saturated carbocycles. The van der Waals surface area contributed by atoms with Crippen molar-refractivity contribution in [3.05, 3.63) is 81.6 Å². The largest absolute Gasteiger partial charge is 0.455 e. The second kappa shape index (κ2) is 6.97. The molecule has 0 radical (unpaired) electrons. The highest BCUT2D eigenvalue weighted by Gasteiger charge is 2.13. The molecule has 0 bridgehead atoms. The molecule has 0 aliphatic carbocycles. The number of rotatable bonds is 5. The van der Waals surface area contributed by atoms with Crippen LogP contribution in [0, 0.1) is 10.1 Å². The van der Waals surface area contributed by atoms with Gasteiger partial charge in [0, 0.05) is 17.7 Å². The molecule has 1 aromatic heterocycles. The molecule has 0 aliphatic heterocycles. The van der Waals surface area contributed by atoms with Gasteiger partial charge in [0.2, 0.25) is 0 Å². The van der Waals surface area contributed by atoms with Crippen molar-refractivity contribution in [2.45, 2.75) is 0 Å². The first kappa shape index (κ1) is 15.8. The van der Waals surface area contributed by atoms with Gasteiger partial charge in [-0.05, 0) is 30.3 Å². The minimum atomic E-state index is -0.495. The van der Waals surface area contributed by atoms with Gasteiger partial charge in [-0.2, -0.15) is 5.10 Å². The van der Waals surface area contributed by atoms with Gasteiger partial charge in [-0.1, -0.05) is 29.8 Å². The quantitative estimate of drug-likeness (QED) is 0.404. The Labute approximate surface area is 142 Å². The van der Waals surface area contributed by atoms with Crippen LogP contribution < -0.4 is 5.43 Å². The van der Waals surface area contributed by atoms with Crippen LogP contribution in [-0.4, -0.2) is 11.1 Å². The molecule has 1 heterocycles. The number of hydrogen-bond donors (Lipinski definition) is 1. The van der Waals surface area contributed by atoms with Crippen LogP contribution in [0.25, 0.3) is 11.3 Å². The summed E-state index contributed by atoms with van der Waals surface area (Å²) in [6.07, 6.45) is 1.54. The zero-order chi connectivity index (χ0) is 16.9. The highest BCUT2D eigenvalue weighted by atomic mass is 35.5. The third kappa shape index (κ3) is 3.61. The molecule has 0 unspecified atom stereocenters. The molecular formula is C17H12ClN3O3. The van der Waals surface area contributed by atoms with Crippen LogP contribution in [0.15, 0.2) is 70.2 Å². The van der Waals surface area contributed by atoms with Gasteiger partial charge in [0.05, 0.1) is 21.8 Å². The van der Waals surface area contributed by atoms with Crippen molar-refractivity contribution in [2.75, 3.05) is 5.43 Å². The summed E-state index contributed by atoms with van der Waals surface area (Å²) in [6, 6.07) is 17.2. The zero-order valence-corrected chi connectivity index (χ0v) is 13.1. The summed E-state index contributed by atoms with van der Waals surface area (Å²) in [6.45, 7) is 0. The Bertz CT molecular complexity index is 891. The summed E-state index contributed by atoms with van der Waals surface area (Å²) in [4.78, 5) is 10.2. The fourth-order valence-electron chi connectivity index (χ4n) is 2.07. The minimum Gasteiger partial charge on any atom is -0.455 e. The average molecular weight is 342 g/mol. The fourth-order valence-corrected chi connectivity index (χ4v) is 2.34. The molecular weight excluding hydrogens is 330 g/mol. The molecule has 1 N–H and O–H groups in total. The summed E-state index contributed by atoms with van der Waals surface area (Å²) < 4.78 is 5.65. The molecule has 0 fully saturated rings. The van der Waals surface area contributed by atoms with Gasteiger partial charge < -0.3 is 4.42 Å². The highest BCUT2D eigenvalue weighted by Crippen LogP contribution is 2.32. The van der Waals surface area contributed by atoms with Gasteiger partial charge in [-0.15, -0.1) is 0 Å². The van der Waals surface area contributed by atoms with E-state index in [2.05, 4.69) is 10.5 Å². The van der Waals surface area contributed by atoms with Crippen LogP contribution in [0.1, 0.15) is 5.76 Å². The van der Waals surface area contributed by atoms with Gasteiger partial charge in [-0.3, -0.25) is 15.5 Å². The topological polar surface area (TPSA) is 80.7 Å². The smallest absolute Gasteiger partial charge is 0.270 e. The van der Waals surface area contributed by atoms with E-state index in [0.29, 0.717) is 17.1 Å². The second-order valence-corrected chi connectivity index (χ2v) is 5.27. The summed E-state index contributed by atoms with van der Waals surface area (Å²) in [5.74, 6) is 1.04. The third-order valence-corrected chi connectivity index (χ3v) is 3.53. The molecule has 120 valence electrons. The van der Waals surface area contributed by atoms with E-state index in [1.165, 1.54) is 18.3 Å². The molecule has 7 heteroatoms. The normalized spacial score (nSPS) is 10.9. The van der Waals surface area contributed by atoms with E-state index >= 15 is 0 Å². The Morgan fingerprint density at radius 2 is 1.92 bits per heavy atom. The summed E-state index contributed by atoms with van der Waals surface area (Å²) in [5, 5.41) is 15.1. The number of nitro groups is 1. The third-order valence-electron chi connectivity index (χ3n) is 3.21. The van der Waals surface area contributed by atoms with Crippen molar-refractivity contribution in [1.29, 1.82) is 0 Å². The first-order chi connectivity index (χ1) is 11.6. The molecule has 0 amide bonds. The first-order valence-corrected chi connectivity index (χ1v) is 7.39. The van der Waals surface area contributed by atoms with Gasteiger partial charge >= 0.3 is 0 Å². The number of benzene rings is 2. The lowest BCUT2D eigenvalue weighted by molar-refractivity contribution is -0.384. The van der Waals surface area contributed by atoms with Crippen molar-refractivity contribution in [2.24, 2.45) is 5.10 Å². The van der Waals surface area contributed by atoms with Gasteiger partial charge in [0.25, 0.3) is 5.69 Å². The van der Waals surface area contributed by atoms with E-state index in [9.17, 15) is 10.1 Å². The Morgan fingerprint density at radius 1 is 1.12 bits per heavy atom. The number of nitrogens with zero attached hydrogens (tertiary/aromatic N) is 2. The van der Waals surface area contributed by atoms with Crippen LogP contribution >= 0.6 is 11.6 Å². The number of para-hydroxylation sites is 1. The van der Waals surface area contributed by atoms with Gasteiger partial charge in [0.1, 0.15) is 11.5 Å². The Balaban J connectivity index is 1.75. The van der Waals surface area contributed by atoms with E-state index in [1.807, 2.05) is 30.3 Å². The van der Waals surface area contributed by atoms with E-state index in [4.69, 9.17) is 16.0 Å². The number of hydrazone groups is 1. The fraction of sp³-hybridized carbons (Fsp3) is 0. The van der Waals surface area contributed by atoms with Crippen LogP contribution in [-0.2, 0) is 0 Å². The SMILES string of the molecule is O=[N+]([O-])c1ccc(-c2ccc(/C=N\Nc3ccccc3)o2)c(Cl)c1. The van der Waals surface area contributed by atoms with Crippen LogP contribution in [0.2, 0.25) is 5.02 Å². The molecule has 3 rings (SSSR count). The molecule has 6 nitrogen and oxygen atoms in total. The van der Waals surface area contributed by atoms with Crippen molar-refractivity contribution >= 4 is 29.2 Å². The summed E-state index contributed by atoms with van der Waals surface area (Å²) >= 11 is 6.09. The van der Waals surface area contributed by atoms with Crippen molar-refractivity contribution in [1.82, 2.24) is 0 Å². The lowest BCUT2D eigenvalue weighted by Gasteiger charge is -2.00. The van der Waals surface area contributed by atoms with Crippen LogP contribution in [0.3, 0.4) is 0 Å². The van der Waals surface area contributed by atoms with E-state index in [0.717, 1.165) is 5.69 Å². The molecule has 0 atom stereocenters. The van der Waals surface area contributed by atoms with E-state index in [-0.39, 0.29) is 10.7 Å². The summed E-state index contributed by atoms with van der Waals surface area (Å²) in [5.41, 5.74) is 4.26.